The van der Waals surface area contributed by atoms with E-state index in [4.69, 9.17) is 25.8 Å². The largest absolute Gasteiger partial charge is 0.492 e. The minimum Gasteiger partial charge on any atom is -0.492 e. The number of amides is 1. The van der Waals surface area contributed by atoms with Gasteiger partial charge in [-0.3, -0.25) is 9.69 Å². The zero-order valence-electron chi connectivity index (χ0n) is 22.9. The predicted octanol–water partition coefficient (Wildman–Crippen LogP) is 3.09. The summed E-state index contributed by atoms with van der Waals surface area (Å²) in [5.74, 6) is 1.71. The Morgan fingerprint density at radius 2 is 1.79 bits per heavy atom. The Morgan fingerprint density at radius 3 is 2.53 bits per heavy atom. The average Bonchev–Trinajstić information content (AvgIpc) is 2.89. The fourth-order valence-corrected chi connectivity index (χ4v) is 4.96. The van der Waals surface area contributed by atoms with Gasteiger partial charge < -0.3 is 28.9 Å². The maximum Gasteiger partial charge on any atom is 0.225 e. The highest BCUT2D eigenvalue weighted by Crippen LogP contribution is 2.27. The molecule has 0 radical (unpaired) electrons. The highest BCUT2D eigenvalue weighted by atomic mass is 35.5. The second-order valence-electron chi connectivity index (χ2n) is 10.6. The molecule has 4 rings (SSSR count). The van der Waals surface area contributed by atoms with Gasteiger partial charge in [-0.2, -0.15) is 0 Å². The first-order valence-corrected chi connectivity index (χ1v) is 13.8. The van der Waals surface area contributed by atoms with Gasteiger partial charge in [0.2, 0.25) is 5.91 Å². The third kappa shape index (κ3) is 8.58. The monoisotopic (exact) mass is 544 g/mol. The van der Waals surface area contributed by atoms with E-state index < -0.39 is 5.60 Å². The molecule has 8 nitrogen and oxygen atoms in total. The number of morpholine rings is 1. The van der Waals surface area contributed by atoms with Crippen molar-refractivity contribution < 1.29 is 19.0 Å². The molecule has 2 aromatic carbocycles. The highest BCUT2D eigenvalue weighted by Gasteiger charge is 2.41. The summed E-state index contributed by atoms with van der Waals surface area (Å²) < 4.78 is 18.5. The van der Waals surface area contributed by atoms with Crippen LogP contribution in [0, 0.1) is 0 Å². The van der Waals surface area contributed by atoms with Gasteiger partial charge in [0.15, 0.2) is 0 Å². The Balaban J connectivity index is 1.44. The van der Waals surface area contributed by atoms with Crippen molar-refractivity contribution in [3.05, 3.63) is 59.1 Å². The lowest BCUT2D eigenvalue weighted by molar-refractivity contribution is -0.157. The zero-order chi connectivity index (χ0) is 27.0. The van der Waals surface area contributed by atoms with Crippen molar-refractivity contribution in [2.24, 2.45) is 0 Å². The Hall–Kier alpha value is -2.36. The molecule has 0 saturated carbocycles. The van der Waals surface area contributed by atoms with E-state index in [9.17, 15) is 4.79 Å². The molecule has 1 atom stereocenters. The number of hydrogen-bond donors (Lipinski definition) is 0. The summed E-state index contributed by atoms with van der Waals surface area (Å²) in [6.07, 6.45) is 0.286. The minimum absolute atomic E-state index is 0.121. The number of likely N-dealkylation sites (N-methyl/N-ethyl adjacent to an activating group) is 2. The number of carbonyl (C=O) groups is 1. The van der Waals surface area contributed by atoms with Gasteiger partial charge in [-0.1, -0.05) is 23.7 Å². The predicted molar refractivity (Wildman–Crippen MR) is 150 cm³/mol. The Kier molecular flexibility index (Phi) is 10.3. The van der Waals surface area contributed by atoms with E-state index in [0.717, 1.165) is 51.6 Å². The molecule has 0 aliphatic carbocycles. The molecule has 2 aliphatic rings. The van der Waals surface area contributed by atoms with Crippen LogP contribution < -0.4 is 9.47 Å². The molecule has 2 fully saturated rings. The van der Waals surface area contributed by atoms with E-state index in [1.54, 1.807) is 12.1 Å². The normalized spacial score (nSPS) is 21.0. The molecule has 2 aliphatic heterocycles. The van der Waals surface area contributed by atoms with Crippen LogP contribution in [-0.4, -0.2) is 118 Å². The number of piperazine rings is 1. The molecule has 2 saturated heterocycles. The van der Waals surface area contributed by atoms with Gasteiger partial charge in [0.1, 0.15) is 30.3 Å². The zero-order valence-corrected chi connectivity index (χ0v) is 23.7. The summed E-state index contributed by atoms with van der Waals surface area (Å²) in [5, 5.41) is 0.658. The molecule has 0 N–H and O–H groups in total. The molecule has 208 valence electrons. The Bertz CT molecular complexity index is 1030. The molecule has 1 amide bonds. The number of rotatable bonds is 11. The van der Waals surface area contributed by atoms with E-state index in [2.05, 4.69) is 33.9 Å². The molecular weight excluding hydrogens is 504 g/mol. The summed E-state index contributed by atoms with van der Waals surface area (Å²) in [7, 11) is 6.17. The molecule has 2 heterocycles. The van der Waals surface area contributed by atoms with Gasteiger partial charge in [0.05, 0.1) is 13.0 Å². The summed E-state index contributed by atoms with van der Waals surface area (Å²) in [6.45, 7) is 7.75. The van der Waals surface area contributed by atoms with Crippen LogP contribution in [0.5, 0.6) is 11.5 Å². The van der Waals surface area contributed by atoms with Crippen molar-refractivity contribution >= 4 is 17.5 Å². The number of carbonyl (C=O) groups excluding carboxylic acids is 1. The lowest BCUT2D eigenvalue weighted by atomic mass is 9.96. The maximum atomic E-state index is 13.4. The van der Waals surface area contributed by atoms with E-state index in [-0.39, 0.29) is 18.9 Å². The van der Waals surface area contributed by atoms with Crippen LogP contribution in [0.1, 0.15) is 12.0 Å². The topological polar surface area (TPSA) is 57.7 Å². The third-order valence-corrected chi connectivity index (χ3v) is 7.34. The lowest BCUT2D eigenvalue weighted by Gasteiger charge is -2.43. The van der Waals surface area contributed by atoms with Crippen molar-refractivity contribution in [3.8, 4) is 11.5 Å². The second kappa shape index (κ2) is 13.6. The van der Waals surface area contributed by atoms with Crippen molar-refractivity contribution in [3.63, 3.8) is 0 Å². The van der Waals surface area contributed by atoms with E-state index in [1.165, 1.54) is 5.56 Å². The van der Waals surface area contributed by atoms with E-state index in [0.29, 0.717) is 30.5 Å². The highest BCUT2D eigenvalue weighted by molar-refractivity contribution is 6.30. The second-order valence-corrected chi connectivity index (χ2v) is 11.1. The lowest BCUT2D eigenvalue weighted by Crippen LogP contribution is -2.58. The fourth-order valence-electron chi connectivity index (χ4n) is 4.83. The average molecular weight is 545 g/mol. The number of benzene rings is 2. The standard InChI is InChI=1S/C29H41ClN4O4/c1-31(2)15-17-36-27-6-4-5-24(19-27)21-33-16-18-38-29(22-33,23-37-26-9-7-25(30)8-10-26)20-28(35)34-13-11-32(3)12-14-34/h4-10,19H,11-18,20-23H2,1-3H3/t29-/m1/s1. The van der Waals surface area contributed by atoms with Crippen molar-refractivity contribution in [2.75, 3.05) is 86.8 Å². The fraction of sp³-hybridized carbons (Fsp3) is 0.552. The number of hydrogen-bond acceptors (Lipinski definition) is 7. The van der Waals surface area contributed by atoms with Crippen molar-refractivity contribution in [1.82, 2.24) is 19.6 Å². The number of halogens is 1. The number of nitrogens with zero attached hydrogens (tertiary/aromatic N) is 4. The first-order chi connectivity index (χ1) is 18.3. The Labute approximate surface area is 232 Å². The van der Waals surface area contributed by atoms with E-state index >= 15 is 0 Å². The summed E-state index contributed by atoms with van der Waals surface area (Å²) in [4.78, 5) is 22.1. The van der Waals surface area contributed by atoms with Gasteiger partial charge in [0.25, 0.3) is 0 Å². The summed E-state index contributed by atoms with van der Waals surface area (Å²) in [6, 6.07) is 15.6. The molecule has 0 spiro atoms. The van der Waals surface area contributed by atoms with Crippen molar-refractivity contribution in [1.29, 1.82) is 0 Å². The summed E-state index contributed by atoms with van der Waals surface area (Å²) >= 11 is 6.05. The smallest absolute Gasteiger partial charge is 0.225 e. The molecule has 0 bridgehead atoms. The van der Waals surface area contributed by atoms with Crippen LogP contribution >= 0.6 is 11.6 Å². The van der Waals surface area contributed by atoms with Crippen LogP contribution in [0.25, 0.3) is 0 Å². The molecule has 38 heavy (non-hydrogen) atoms. The van der Waals surface area contributed by atoms with Crippen molar-refractivity contribution in [2.45, 2.75) is 18.6 Å². The maximum absolute atomic E-state index is 13.4. The molecule has 9 heteroatoms. The van der Waals surface area contributed by atoms with Crippen LogP contribution in [0.15, 0.2) is 48.5 Å². The minimum atomic E-state index is -0.738. The van der Waals surface area contributed by atoms with Gasteiger partial charge in [0, 0.05) is 57.4 Å². The molecular formula is C29H41ClN4O4. The SMILES string of the molecule is CN(C)CCOc1cccc(CN2CCO[C@](COc3ccc(Cl)cc3)(CC(=O)N3CCN(C)CC3)C2)c1. The van der Waals surface area contributed by atoms with Gasteiger partial charge in [-0.15, -0.1) is 0 Å². The third-order valence-electron chi connectivity index (χ3n) is 7.08. The van der Waals surface area contributed by atoms with E-state index in [1.807, 2.05) is 43.3 Å². The van der Waals surface area contributed by atoms with Crippen LogP contribution in [0.4, 0.5) is 0 Å². The van der Waals surface area contributed by atoms with Gasteiger partial charge >= 0.3 is 0 Å². The molecule has 2 aromatic rings. The first-order valence-electron chi connectivity index (χ1n) is 13.4. The van der Waals surface area contributed by atoms with Crippen LogP contribution in [-0.2, 0) is 16.1 Å². The molecule has 0 unspecified atom stereocenters. The molecule has 0 aromatic heterocycles. The number of ether oxygens (including phenoxy) is 3. The van der Waals surface area contributed by atoms with Gasteiger partial charge in [-0.25, -0.2) is 0 Å². The first kappa shape index (κ1) is 28.6. The van der Waals surface area contributed by atoms with Crippen LogP contribution in [0.3, 0.4) is 0 Å². The Morgan fingerprint density at radius 1 is 1.03 bits per heavy atom. The summed E-state index contributed by atoms with van der Waals surface area (Å²) in [5.41, 5.74) is 0.435. The van der Waals surface area contributed by atoms with Crippen LogP contribution in [0.2, 0.25) is 5.02 Å². The van der Waals surface area contributed by atoms with Gasteiger partial charge in [-0.05, 0) is 63.1 Å². The quantitative estimate of drug-likeness (QED) is 0.431.